The summed E-state index contributed by atoms with van der Waals surface area (Å²) in [5.74, 6) is 0.0471. The monoisotopic (exact) mass is 362 g/mol. The molecule has 0 unspecified atom stereocenters. The van der Waals surface area contributed by atoms with Gasteiger partial charge in [0.1, 0.15) is 0 Å². The van der Waals surface area contributed by atoms with Crippen molar-refractivity contribution in [2.45, 2.75) is 13.8 Å². The molecule has 1 nitrogen and oxygen atoms in total. The van der Waals surface area contributed by atoms with Crippen LogP contribution in [0.3, 0.4) is 0 Å². The number of benzene rings is 4. The van der Waals surface area contributed by atoms with Crippen molar-refractivity contribution < 1.29 is 4.79 Å². The standard InChI is InChI=1S/C27H22O/c1-19-3-7-21(8-4-19)23-11-15-25(16-12-23)27(28)26-17-13-24(14-18-26)22-9-5-20(2)6-10-22/h3-18H,1-2H3. The molecule has 0 aromatic heterocycles. The highest BCUT2D eigenvalue weighted by molar-refractivity contribution is 6.09. The van der Waals surface area contributed by atoms with Gasteiger partial charge in [-0.2, -0.15) is 0 Å². The zero-order chi connectivity index (χ0) is 19.5. The van der Waals surface area contributed by atoms with Gasteiger partial charge in [-0.05, 0) is 36.1 Å². The number of hydrogen-bond donors (Lipinski definition) is 0. The first-order chi connectivity index (χ1) is 13.6. The summed E-state index contributed by atoms with van der Waals surface area (Å²) in [6, 6.07) is 32.5. The molecule has 0 N–H and O–H groups in total. The summed E-state index contributed by atoms with van der Waals surface area (Å²) in [6.07, 6.45) is 0. The van der Waals surface area contributed by atoms with Crippen molar-refractivity contribution in [3.8, 4) is 22.3 Å². The molecule has 0 aliphatic rings. The van der Waals surface area contributed by atoms with Crippen molar-refractivity contribution in [1.82, 2.24) is 0 Å². The van der Waals surface area contributed by atoms with Crippen LogP contribution in [0.25, 0.3) is 22.3 Å². The number of carbonyl (C=O) groups is 1. The summed E-state index contributed by atoms with van der Waals surface area (Å²) < 4.78 is 0. The average molecular weight is 362 g/mol. The quantitative estimate of drug-likeness (QED) is 0.362. The molecule has 0 aliphatic heterocycles. The molecule has 0 bridgehead atoms. The maximum atomic E-state index is 12.8. The van der Waals surface area contributed by atoms with Gasteiger partial charge in [0.2, 0.25) is 0 Å². The summed E-state index contributed by atoms with van der Waals surface area (Å²) >= 11 is 0. The van der Waals surface area contributed by atoms with Crippen LogP contribution in [0.15, 0.2) is 97.1 Å². The number of ketones is 1. The van der Waals surface area contributed by atoms with Gasteiger partial charge in [0, 0.05) is 11.1 Å². The maximum absolute atomic E-state index is 12.8. The van der Waals surface area contributed by atoms with E-state index in [2.05, 4.69) is 62.4 Å². The summed E-state index contributed by atoms with van der Waals surface area (Å²) in [4.78, 5) is 12.8. The zero-order valence-electron chi connectivity index (χ0n) is 16.1. The number of rotatable bonds is 4. The topological polar surface area (TPSA) is 17.1 Å². The highest BCUT2D eigenvalue weighted by atomic mass is 16.1. The van der Waals surface area contributed by atoms with E-state index in [1.165, 1.54) is 11.1 Å². The molecule has 4 rings (SSSR count). The van der Waals surface area contributed by atoms with Crippen LogP contribution in [0.5, 0.6) is 0 Å². The summed E-state index contributed by atoms with van der Waals surface area (Å²) in [5, 5.41) is 0. The predicted octanol–water partition coefficient (Wildman–Crippen LogP) is 6.87. The van der Waals surface area contributed by atoms with Crippen LogP contribution in [0, 0.1) is 13.8 Å². The zero-order valence-corrected chi connectivity index (χ0v) is 16.1. The minimum absolute atomic E-state index is 0.0471. The van der Waals surface area contributed by atoms with E-state index in [0.29, 0.717) is 11.1 Å². The first-order valence-corrected chi connectivity index (χ1v) is 9.49. The molecule has 4 aromatic carbocycles. The Bertz CT molecular complexity index is 994. The third kappa shape index (κ3) is 3.79. The van der Waals surface area contributed by atoms with Crippen LogP contribution in [0.2, 0.25) is 0 Å². The van der Waals surface area contributed by atoms with E-state index in [4.69, 9.17) is 0 Å². The molecule has 0 radical (unpaired) electrons. The summed E-state index contributed by atoms with van der Waals surface area (Å²) in [6.45, 7) is 4.16. The molecule has 0 aliphatic carbocycles. The highest BCUT2D eigenvalue weighted by Gasteiger charge is 2.10. The fourth-order valence-electron chi connectivity index (χ4n) is 3.29. The Morgan fingerprint density at radius 3 is 0.964 bits per heavy atom. The van der Waals surface area contributed by atoms with Gasteiger partial charge >= 0.3 is 0 Å². The second-order valence-electron chi connectivity index (χ2n) is 7.22. The molecule has 0 fully saturated rings. The van der Waals surface area contributed by atoms with Crippen molar-refractivity contribution in [2.75, 3.05) is 0 Å². The van der Waals surface area contributed by atoms with Crippen LogP contribution >= 0.6 is 0 Å². The molecular formula is C27H22O. The van der Waals surface area contributed by atoms with Crippen molar-refractivity contribution in [2.24, 2.45) is 0 Å². The number of hydrogen-bond acceptors (Lipinski definition) is 1. The Balaban J connectivity index is 1.54. The van der Waals surface area contributed by atoms with E-state index >= 15 is 0 Å². The molecule has 4 aromatic rings. The molecule has 0 heterocycles. The second-order valence-corrected chi connectivity index (χ2v) is 7.22. The SMILES string of the molecule is Cc1ccc(-c2ccc(C(=O)c3ccc(-c4ccc(C)cc4)cc3)cc2)cc1. The number of aryl methyl sites for hydroxylation is 2. The van der Waals surface area contributed by atoms with Gasteiger partial charge in [-0.1, -0.05) is 108 Å². The van der Waals surface area contributed by atoms with E-state index in [0.717, 1.165) is 22.3 Å². The molecule has 28 heavy (non-hydrogen) atoms. The van der Waals surface area contributed by atoms with E-state index < -0.39 is 0 Å². The van der Waals surface area contributed by atoms with Gasteiger partial charge in [-0.25, -0.2) is 0 Å². The first-order valence-electron chi connectivity index (χ1n) is 9.49. The van der Waals surface area contributed by atoms with E-state index in [1.807, 2.05) is 48.5 Å². The molecule has 136 valence electrons. The third-order valence-electron chi connectivity index (χ3n) is 5.06. The maximum Gasteiger partial charge on any atom is 0.193 e. The van der Waals surface area contributed by atoms with Crippen LogP contribution in [0.1, 0.15) is 27.0 Å². The number of carbonyl (C=O) groups excluding carboxylic acids is 1. The Kier molecular flexibility index (Phi) is 4.90. The van der Waals surface area contributed by atoms with Gasteiger partial charge in [-0.15, -0.1) is 0 Å². The Hall–Kier alpha value is -3.45. The van der Waals surface area contributed by atoms with Gasteiger partial charge < -0.3 is 0 Å². The predicted molar refractivity (Wildman–Crippen MR) is 117 cm³/mol. The van der Waals surface area contributed by atoms with E-state index in [9.17, 15) is 4.79 Å². The van der Waals surface area contributed by atoms with Crippen molar-refractivity contribution >= 4 is 5.78 Å². The normalized spacial score (nSPS) is 10.6. The Morgan fingerprint density at radius 1 is 0.429 bits per heavy atom. The molecular weight excluding hydrogens is 340 g/mol. The summed E-state index contributed by atoms with van der Waals surface area (Å²) in [5.41, 5.74) is 8.45. The molecule has 0 saturated carbocycles. The largest absolute Gasteiger partial charge is 0.289 e. The van der Waals surface area contributed by atoms with Crippen molar-refractivity contribution in [3.05, 3.63) is 119 Å². The van der Waals surface area contributed by atoms with Crippen molar-refractivity contribution in [1.29, 1.82) is 0 Å². The van der Waals surface area contributed by atoms with Crippen LogP contribution in [-0.4, -0.2) is 5.78 Å². The summed E-state index contributed by atoms with van der Waals surface area (Å²) in [7, 11) is 0. The van der Waals surface area contributed by atoms with Gasteiger partial charge in [-0.3, -0.25) is 4.79 Å². The van der Waals surface area contributed by atoms with Gasteiger partial charge in [0.05, 0.1) is 0 Å². The molecule has 0 saturated heterocycles. The van der Waals surface area contributed by atoms with Crippen molar-refractivity contribution in [3.63, 3.8) is 0 Å². The first kappa shape index (κ1) is 17.9. The van der Waals surface area contributed by atoms with E-state index in [1.54, 1.807) is 0 Å². The minimum atomic E-state index is 0.0471. The molecule has 0 atom stereocenters. The lowest BCUT2D eigenvalue weighted by atomic mass is 9.97. The average Bonchev–Trinajstić information content (AvgIpc) is 2.75. The van der Waals surface area contributed by atoms with Gasteiger partial charge in [0.25, 0.3) is 0 Å². The smallest absolute Gasteiger partial charge is 0.193 e. The Labute approximate surface area is 166 Å². The van der Waals surface area contributed by atoms with Crippen LogP contribution in [-0.2, 0) is 0 Å². The van der Waals surface area contributed by atoms with Crippen LogP contribution in [0.4, 0.5) is 0 Å². The fourth-order valence-corrected chi connectivity index (χ4v) is 3.29. The minimum Gasteiger partial charge on any atom is -0.289 e. The highest BCUT2D eigenvalue weighted by Crippen LogP contribution is 2.23. The molecule has 0 amide bonds. The lowest BCUT2D eigenvalue weighted by Crippen LogP contribution is -2.00. The lowest BCUT2D eigenvalue weighted by Gasteiger charge is -2.07. The second kappa shape index (κ2) is 7.66. The van der Waals surface area contributed by atoms with Gasteiger partial charge in [0.15, 0.2) is 5.78 Å². The van der Waals surface area contributed by atoms with E-state index in [-0.39, 0.29) is 5.78 Å². The molecule has 1 heteroatoms. The Morgan fingerprint density at radius 2 is 0.679 bits per heavy atom. The lowest BCUT2D eigenvalue weighted by molar-refractivity contribution is 0.103. The third-order valence-corrected chi connectivity index (χ3v) is 5.06. The fraction of sp³-hybridized carbons (Fsp3) is 0.0741. The van der Waals surface area contributed by atoms with Crippen LogP contribution < -0.4 is 0 Å². The molecule has 0 spiro atoms.